The molecule has 0 saturated heterocycles. The van der Waals surface area contributed by atoms with Crippen LogP contribution in [-0.2, 0) is 16.1 Å². The lowest BCUT2D eigenvalue weighted by Gasteiger charge is -2.16. The molecule has 0 aliphatic heterocycles. The van der Waals surface area contributed by atoms with Crippen LogP contribution >= 0.6 is 0 Å². The van der Waals surface area contributed by atoms with Crippen LogP contribution in [0, 0.1) is 16.0 Å². The average Bonchev–Trinajstić information content (AvgIpc) is 3.31. The molecule has 7 nitrogen and oxygen atoms in total. The molecule has 1 fully saturated rings. The van der Waals surface area contributed by atoms with Crippen LogP contribution in [-0.4, -0.2) is 31.2 Å². The van der Waals surface area contributed by atoms with Crippen LogP contribution < -0.4 is 10.1 Å². The molecular formula is C14H18N2O5. The first-order valence-corrected chi connectivity index (χ1v) is 6.69. The number of benzene rings is 1. The minimum atomic E-state index is -0.457. The summed E-state index contributed by atoms with van der Waals surface area (Å²) < 4.78 is 9.98. The number of nitro groups is 1. The zero-order chi connectivity index (χ0) is 15.4. The number of nitrogens with one attached hydrogen (secondary N) is 1. The lowest BCUT2D eigenvalue weighted by atomic mass is 10.1. The van der Waals surface area contributed by atoms with Crippen LogP contribution in [0.1, 0.15) is 18.4 Å². The summed E-state index contributed by atoms with van der Waals surface area (Å²) in [5, 5.41) is 13.9. The van der Waals surface area contributed by atoms with Crippen molar-refractivity contribution in [2.24, 2.45) is 5.92 Å². The maximum absolute atomic E-state index is 11.7. The molecule has 1 aliphatic rings. The highest BCUT2D eigenvalue weighted by atomic mass is 16.6. The van der Waals surface area contributed by atoms with Gasteiger partial charge in [-0.05, 0) is 24.8 Å². The van der Waals surface area contributed by atoms with Crippen LogP contribution in [0.3, 0.4) is 0 Å². The van der Waals surface area contributed by atoms with Gasteiger partial charge in [-0.15, -0.1) is 0 Å². The van der Waals surface area contributed by atoms with Crippen LogP contribution in [0.4, 0.5) is 5.69 Å². The van der Waals surface area contributed by atoms with Gasteiger partial charge in [-0.3, -0.25) is 20.2 Å². The number of non-ortho nitro benzene ring substituents is 1. The number of nitro benzene ring substituents is 1. The summed E-state index contributed by atoms with van der Waals surface area (Å²) in [6, 6.07) is 4.02. The van der Waals surface area contributed by atoms with Gasteiger partial charge in [0.2, 0.25) is 0 Å². The fourth-order valence-corrected chi connectivity index (χ4v) is 2.24. The Morgan fingerprint density at radius 2 is 2.19 bits per heavy atom. The van der Waals surface area contributed by atoms with E-state index in [-0.39, 0.29) is 23.6 Å². The summed E-state index contributed by atoms with van der Waals surface area (Å²) in [6.45, 7) is 0.307. The van der Waals surface area contributed by atoms with E-state index in [0.717, 1.165) is 12.8 Å². The molecule has 0 radical (unpaired) electrons. The van der Waals surface area contributed by atoms with Crippen molar-refractivity contribution in [1.29, 1.82) is 0 Å². The molecule has 1 unspecified atom stereocenters. The largest absolute Gasteiger partial charge is 0.496 e. The Morgan fingerprint density at radius 3 is 2.71 bits per heavy atom. The van der Waals surface area contributed by atoms with Gasteiger partial charge >= 0.3 is 5.97 Å². The van der Waals surface area contributed by atoms with Crippen molar-refractivity contribution < 1.29 is 19.2 Å². The van der Waals surface area contributed by atoms with Crippen molar-refractivity contribution in [2.45, 2.75) is 25.4 Å². The molecule has 1 aromatic carbocycles. The molecular weight excluding hydrogens is 276 g/mol. The maximum Gasteiger partial charge on any atom is 0.323 e. The first-order chi connectivity index (χ1) is 10.1. The molecule has 0 bridgehead atoms. The monoisotopic (exact) mass is 294 g/mol. The fourth-order valence-electron chi connectivity index (χ4n) is 2.24. The first-order valence-electron chi connectivity index (χ1n) is 6.69. The second-order valence-corrected chi connectivity index (χ2v) is 4.97. The van der Waals surface area contributed by atoms with E-state index < -0.39 is 4.92 Å². The van der Waals surface area contributed by atoms with Crippen molar-refractivity contribution in [1.82, 2.24) is 5.32 Å². The highest BCUT2D eigenvalue weighted by molar-refractivity contribution is 5.76. The SMILES string of the molecule is COC(=O)C(NCc1cc([N+](=O)[O-])ccc1OC)C1CC1. The van der Waals surface area contributed by atoms with E-state index in [1.54, 1.807) is 6.07 Å². The average molecular weight is 294 g/mol. The van der Waals surface area contributed by atoms with Crippen molar-refractivity contribution >= 4 is 11.7 Å². The summed E-state index contributed by atoms with van der Waals surface area (Å²) in [6.07, 6.45) is 1.97. The van der Waals surface area contributed by atoms with E-state index in [9.17, 15) is 14.9 Å². The van der Waals surface area contributed by atoms with Crippen molar-refractivity contribution in [3.8, 4) is 5.75 Å². The molecule has 7 heteroatoms. The molecule has 1 N–H and O–H groups in total. The third-order valence-electron chi connectivity index (χ3n) is 3.54. The van der Waals surface area contributed by atoms with E-state index in [4.69, 9.17) is 9.47 Å². The number of methoxy groups -OCH3 is 2. The van der Waals surface area contributed by atoms with Crippen molar-refractivity contribution in [3.63, 3.8) is 0 Å². The van der Waals surface area contributed by atoms with Gasteiger partial charge in [0.05, 0.1) is 19.1 Å². The Balaban J connectivity index is 2.11. The molecule has 0 amide bonds. The van der Waals surface area contributed by atoms with Gasteiger partial charge in [0.1, 0.15) is 11.8 Å². The summed E-state index contributed by atoms with van der Waals surface area (Å²) in [5.74, 6) is 0.525. The zero-order valence-corrected chi connectivity index (χ0v) is 12.0. The number of ether oxygens (including phenoxy) is 2. The number of hydrogen-bond donors (Lipinski definition) is 1. The van der Waals surface area contributed by atoms with Gasteiger partial charge in [-0.1, -0.05) is 0 Å². The predicted octanol–water partition coefficient (Wildman–Crippen LogP) is 1.64. The Morgan fingerprint density at radius 1 is 1.48 bits per heavy atom. The number of nitrogens with zero attached hydrogens (tertiary/aromatic N) is 1. The fraction of sp³-hybridized carbons (Fsp3) is 0.500. The second-order valence-electron chi connectivity index (χ2n) is 4.97. The number of carbonyl (C=O) groups is 1. The number of hydrogen-bond acceptors (Lipinski definition) is 6. The summed E-state index contributed by atoms with van der Waals surface area (Å²) in [4.78, 5) is 22.1. The Kier molecular flexibility index (Phi) is 4.74. The van der Waals surface area contributed by atoms with Crippen molar-refractivity contribution in [2.75, 3.05) is 14.2 Å². The predicted molar refractivity (Wildman–Crippen MR) is 75.0 cm³/mol. The number of rotatable bonds is 7. The first kappa shape index (κ1) is 15.2. The van der Waals surface area contributed by atoms with Crippen LogP contribution in [0.5, 0.6) is 5.75 Å². The quantitative estimate of drug-likeness (QED) is 0.467. The zero-order valence-electron chi connectivity index (χ0n) is 12.0. The van der Waals surface area contributed by atoms with E-state index >= 15 is 0 Å². The Hall–Kier alpha value is -2.15. The summed E-state index contributed by atoms with van der Waals surface area (Å²) >= 11 is 0. The second kappa shape index (κ2) is 6.53. The molecule has 1 saturated carbocycles. The summed E-state index contributed by atoms with van der Waals surface area (Å²) in [7, 11) is 2.86. The molecule has 2 rings (SSSR count). The number of carbonyl (C=O) groups excluding carboxylic acids is 1. The highest BCUT2D eigenvalue weighted by Gasteiger charge is 2.36. The van der Waals surface area contributed by atoms with Gasteiger partial charge in [-0.2, -0.15) is 0 Å². The Labute approximate surface area is 122 Å². The lowest BCUT2D eigenvalue weighted by molar-refractivity contribution is -0.384. The molecule has 0 aromatic heterocycles. The molecule has 114 valence electrons. The van der Waals surface area contributed by atoms with Gasteiger partial charge in [0.25, 0.3) is 5.69 Å². The van der Waals surface area contributed by atoms with Crippen molar-refractivity contribution in [3.05, 3.63) is 33.9 Å². The topological polar surface area (TPSA) is 90.7 Å². The smallest absolute Gasteiger partial charge is 0.323 e. The van der Waals surface area contributed by atoms with Gasteiger partial charge in [0.15, 0.2) is 0 Å². The van der Waals surface area contributed by atoms with Gasteiger partial charge < -0.3 is 9.47 Å². The van der Waals surface area contributed by atoms with Gasteiger partial charge in [-0.25, -0.2) is 0 Å². The highest BCUT2D eigenvalue weighted by Crippen LogP contribution is 2.33. The normalized spacial score (nSPS) is 15.3. The molecule has 0 heterocycles. The molecule has 1 aliphatic carbocycles. The van der Waals surface area contributed by atoms with Crippen LogP contribution in [0.15, 0.2) is 18.2 Å². The Bertz CT molecular complexity index is 542. The van der Waals surface area contributed by atoms with Crippen LogP contribution in [0.2, 0.25) is 0 Å². The lowest BCUT2D eigenvalue weighted by Crippen LogP contribution is -2.39. The van der Waals surface area contributed by atoms with E-state index in [1.165, 1.54) is 26.4 Å². The van der Waals surface area contributed by atoms with Crippen LogP contribution in [0.25, 0.3) is 0 Å². The van der Waals surface area contributed by atoms with E-state index in [1.807, 2.05) is 0 Å². The molecule has 0 spiro atoms. The standard InChI is InChI=1S/C14H18N2O5/c1-20-12-6-5-11(16(18)19)7-10(12)8-15-13(9-3-4-9)14(17)21-2/h5-7,9,13,15H,3-4,8H2,1-2H3. The molecule has 21 heavy (non-hydrogen) atoms. The minimum absolute atomic E-state index is 0.00589. The van der Waals surface area contributed by atoms with Gasteiger partial charge in [0, 0.05) is 24.2 Å². The van der Waals surface area contributed by atoms with E-state index in [2.05, 4.69) is 5.32 Å². The molecule has 1 atom stereocenters. The number of esters is 1. The minimum Gasteiger partial charge on any atom is -0.496 e. The molecule has 1 aromatic rings. The third-order valence-corrected chi connectivity index (χ3v) is 3.54. The van der Waals surface area contributed by atoms with E-state index in [0.29, 0.717) is 17.9 Å². The third kappa shape index (κ3) is 3.69. The maximum atomic E-state index is 11.7. The summed E-state index contributed by atoms with van der Waals surface area (Å²) in [5.41, 5.74) is 0.634.